The molecular formula is C16H31NO8. The largest absolute Gasteiger partial charge is 0.442 e. The van der Waals surface area contributed by atoms with Gasteiger partial charge in [-0.3, -0.25) is 0 Å². The minimum atomic E-state index is -0.843. The molecule has 25 heavy (non-hydrogen) atoms. The lowest BCUT2D eigenvalue weighted by Gasteiger charge is -2.19. The number of rotatable bonds is 13. The topological polar surface area (TPSA) is 102 Å². The summed E-state index contributed by atoms with van der Waals surface area (Å²) in [4.78, 5) is 27.0. The third-order valence-corrected chi connectivity index (χ3v) is 2.33. The van der Waals surface area contributed by atoms with Crippen LogP contribution in [0.25, 0.3) is 0 Å². The highest BCUT2D eigenvalue weighted by Crippen LogP contribution is 2.06. The van der Waals surface area contributed by atoms with E-state index in [4.69, 9.17) is 23.7 Å². The molecular weight excluding hydrogens is 334 g/mol. The molecule has 0 unspecified atom stereocenters. The summed E-state index contributed by atoms with van der Waals surface area (Å²) in [6.45, 7) is 10.1. The van der Waals surface area contributed by atoms with Gasteiger partial charge in [-0.15, -0.1) is 5.48 Å². The Morgan fingerprint density at radius 3 is 1.76 bits per heavy atom. The predicted molar refractivity (Wildman–Crippen MR) is 89.0 cm³/mol. The Hall–Kier alpha value is -1.42. The van der Waals surface area contributed by atoms with Crippen LogP contribution < -0.4 is 5.48 Å². The molecule has 0 atom stereocenters. The molecule has 0 aromatic rings. The van der Waals surface area contributed by atoms with Gasteiger partial charge in [0.1, 0.15) is 12.2 Å². The third kappa shape index (κ3) is 18.8. The Bertz CT molecular complexity index is 357. The van der Waals surface area contributed by atoms with Crippen molar-refractivity contribution in [1.29, 1.82) is 0 Å². The van der Waals surface area contributed by atoms with Gasteiger partial charge in [0.15, 0.2) is 0 Å². The van der Waals surface area contributed by atoms with E-state index < -0.39 is 17.7 Å². The first-order chi connectivity index (χ1) is 11.8. The molecule has 0 rings (SSSR count). The van der Waals surface area contributed by atoms with Crippen molar-refractivity contribution in [2.75, 3.05) is 52.9 Å². The molecule has 0 aromatic carbocycles. The minimum Gasteiger partial charge on any atom is -0.442 e. The highest BCUT2D eigenvalue weighted by molar-refractivity contribution is 5.74. The molecule has 0 aliphatic heterocycles. The Kier molecular flexibility index (Phi) is 14.0. The molecule has 0 spiro atoms. The lowest BCUT2D eigenvalue weighted by molar-refractivity contribution is -0.156. The van der Waals surface area contributed by atoms with Crippen LogP contribution in [-0.2, 0) is 33.3 Å². The van der Waals surface area contributed by atoms with Crippen molar-refractivity contribution in [3.8, 4) is 0 Å². The van der Waals surface area contributed by atoms with E-state index >= 15 is 0 Å². The van der Waals surface area contributed by atoms with Gasteiger partial charge in [0.2, 0.25) is 0 Å². The second kappa shape index (κ2) is 14.9. The van der Waals surface area contributed by atoms with E-state index in [1.807, 2.05) is 12.4 Å². The summed E-state index contributed by atoms with van der Waals surface area (Å²) >= 11 is 0. The van der Waals surface area contributed by atoms with Crippen LogP contribution in [0.2, 0.25) is 0 Å². The van der Waals surface area contributed by atoms with Crippen molar-refractivity contribution in [3.63, 3.8) is 0 Å². The Morgan fingerprint density at radius 2 is 1.28 bits per heavy atom. The molecule has 9 heteroatoms. The van der Waals surface area contributed by atoms with Crippen LogP contribution >= 0.6 is 0 Å². The zero-order valence-corrected chi connectivity index (χ0v) is 15.6. The summed E-state index contributed by atoms with van der Waals surface area (Å²) in [6.07, 6.45) is 0.151. The number of carbonyl (C=O) groups excluding carboxylic acids is 2. The van der Waals surface area contributed by atoms with Crippen molar-refractivity contribution in [1.82, 2.24) is 5.48 Å². The van der Waals surface area contributed by atoms with Crippen LogP contribution in [0.1, 0.15) is 34.1 Å². The second-order valence-electron chi connectivity index (χ2n) is 5.97. The van der Waals surface area contributed by atoms with Gasteiger partial charge in [0.05, 0.1) is 39.6 Å². The zero-order valence-electron chi connectivity index (χ0n) is 15.6. The van der Waals surface area contributed by atoms with Crippen LogP contribution in [0.15, 0.2) is 0 Å². The monoisotopic (exact) mass is 365 g/mol. The summed E-state index contributed by atoms with van der Waals surface area (Å²) in [5.74, 6) is -0.735. The van der Waals surface area contributed by atoms with Crippen molar-refractivity contribution in [2.45, 2.75) is 39.7 Å². The average Bonchev–Trinajstić information content (AvgIpc) is 2.52. The first-order valence-corrected chi connectivity index (χ1v) is 8.34. The van der Waals surface area contributed by atoms with Crippen molar-refractivity contribution < 1.29 is 38.1 Å². The van der Waals surface area contributed by atoms with E-state index in [1.54, 1.807) is 20.8 Å². The van der Waals surface area contributed by atoms with Gasteiger partial charge in [0.25, 0.3) is 0 Å². The predicted octanol–water partition coefficient (Wildman–Crippen LogP) is 1.45. The van der Waals surface area contributed by atoms with E-state index in [-0.39, 0.29) is 13.2 Å². The molecule has 0 heterocycles. The first kappa shape index (κ1) is 23.6. The van der Waals surface area contributed by atoms with Crippen molar-refractivity contribution >= 4 is 12.1 Å². The molecule has 0 fully saturated rings. The lowest BCUT2D eigenvalue weighted by Crippen LogP contribution is -2.35. The summed E-state index contributed by atoms with van der Waals surface area (Å²) in [5.41, 5.74) is 1.21. The number of nitrogens with one attached hydrogen (secondary N) is 1. The molecule has 9 nitrogen and oxygen atoms in total. The summed E-state index contributed by atoms with van der Waals surface area (Å²) in [6, 6.07) is 0. The number of hydrogen-bond donors (Lipinski definition) is 1. The lowest BCUT2D eigenvalue weighted by atomic mass is 10.2. The second-order valence-corrected chi connectivity index (χ2v) is 5.97. The van der Waals surface area contributed by atoms with E-state index in [9.17, 15) is 9.59 Å². The maximum absolute atomic E-state index is 11.3. The maximum atomic E-state index is 11.3. The molecule has 0 radical (unpaired) electrons. The maximum Gasteiger partial charge on any atom is 0.441 e. The first-order valence-electron chi connectivity index (χ1n) is 8.34. The fraction of sp³-hybridized carbons (Fsp3) is 0.875. The van der Waals surface area contributed by atoms with Gasteiger partial charge in [-0.2, -0.15) is 0 Å². The van der Waals surface area contributed by atoms with E-state index in [0.29, 0.717) is 33.0 Å². The van der Waals surface area contributed by atoms with Crippen LogP contribution in [0.5, 0.6) is 0 Å². The minimum absolute atomic E-state index is 0.223. The number of amides is 1. The van der Waals surface area contributed by atoms with Crippen molar-refractivity contribution in [2.24, 2.45) is 0 Å². The molecule has 0 bridgehead atoms. The quantitative estimate of drug-likeness (QED) is 0.386. The summed E-state index contributed by atoms with van der Waals surface area (Å²) in [5, 5.41) is 0. The third-order valence-electron chi connectivity index (χ3n) is 2.33. The van der Waals surface area contributed by atoms with Gasteiger partial charge in [0, 0.05) is 6.61 Å². The highest BCUT2D eigenvalue weighted by Gasteiger charge is 2.17. The van der Waals surface area contributed by atoms with Gasteiger partial charge in [-0.05, 0) is 27.2 Å². The summed E-state index contributed by atoms with van der Waals surface area (Å²) < 4.78 is 25.8. The molecule has 1 N–H and O–H groups in total. The van der Waals surface area contributed by atoms with Gasteiger partial charge < -0.3 is 28.5 Å². The number of carbonyl (C=O) groups is 2. The van der Waals surface area contributed by atoms with Crippen LogP contribution in [0.3, 0.4) is 0 Å². The van der Waals surface area contributed by atoms with Gasteiger partial charge in [-0.1, -0.05) is 6.92 Å². The van der Waals surface area contributed by atoms with Crippen LogP contribution in [0, 0.1) is 0 Å². The fourth-order valence-electron chi connectivity index (χ4n) is 1.39. The zero-order chi connectivity index (χ0) is 19.0. The van der Waals surface area contributed by atoms with Crippen LogP contribution in [0.4, 0.5) is 4.79 Å². The number of hydrogen-bond acceptors (Lipinski definition) is 8. The van der Waals surface area contributed by atoms with E-state index in [2.05, 4.69) is 4.84 Å². The highest BCUT2D eigenvalue weighted by atomic mass is 16.7. The molecule has 0 aromatic heterocycles. The molecule has 148 valence electrons. The van der Waals surface area contributed by atoms with E-state index in [1.165, 1.54) is 0 Å². The molecule has 0 aliphatic carbocycles. The fourth-order valence-corrected chi connectivity index (χ4v) is 1.39. The smallest absolute Gasteiger partial charge is 0.441 e. The molecule has 0 aliphatic rings. The molecule has 0 saturated carbocycles. The van der Waals surface area contributed by atoms with Gasteiger partial charge in [-0.25, -0.2) is 9.59 Å². The van der Waals surface area contributed by atoms with Crippen molar-refractivity contribution in [3.05, 3.63) is 0 Å². The Balaban J connectivity index is 3.34. The van der Waals surface area contributed by atoms with E-state index in [0.717, 1.165) is 13.0 Å². The standard InChI is InChI=1S/C16H31NO8/c1-5-6-20-7-8-21-9-10-22-11-12-23-13-14(18)25-17-15(19)24-16(2,3)4/h5-13H2,1-4H3,(H,17,19). The number of hydroxylamine groups is 1. The molecule has 0 saturated heterocycles. The normalized spacial score (nSPS) is 11.2. The Labute approximate surface area is 149 Å². The average molecular weight is 365 g/mol. The van der Waals surface area contributed by atoms with Gasteiger partial charge >= 0.3 is 12.1 Å². The Morgan fingerprint density at radius 1 is 0.800 bits per heavy atom. The number of ether oxygens (including phenoxy) is 5. The SMILES string of the molecule is CCCOCCOCCOCCOCC(=O)ONC(=O)OC(C)(C)C. The molecule has 1 amide bonds. The van der Waals surface area contributed by atoms with Crippen LogP contribution in [-0.4, -0.2) is 70.5 Å². The summed E-state index contributed by atoms with van der Waals surface area (Å²) in [7, 11) is 0.